The largest absolute Gasteiger partial charge is 0.497 e. The van der Waals surface area contributed by atoms with Crippen molar-refractivity contribution >= 4 is 22.6 Å². The van der Waals surface area contributed by atoms with Crippen LogP contribution < -0.4 is 21.3 Å². The molecular weight excluding hydrogens is 384 g/mol. The Kier molecular flexibility index (Phi) is 4.89. The molecule has 3 heterocycles. The predicted octanol–water partition coefficient (Wildman–Crippen LogP) is 1.81. The molecule has 0 spiro atoms. The lowest BCUT2D eigenvalue weighted by Gasteiger charge is -2.09. The first-order valence-corrected chi connectivity index (χ1v) is 9.87. The molecule has 0 atom stereocenters. The number of rotatable bonds is 6. The Hall–Kier alpha value is -3.49. The maximum atomic E-state index is 12.8. The van der Waals surface area contributed by atoms with Gasteiger partial charge in [0.05, 0.1) is 7.11 Å². The monoisotopic (exact) mass is 410 g/mol. The van der Waals surface area contributed by atoms with Gasteiger partial charge in [0.1, 0.15) is 5.75 Å². The van der Waals surface area contributed by atoms with E-state index in [-0.39, 0.29) is 11.2 Å². The molecule has 1 N–H and O–H groups in total. The minimum atomic E-state index is -0.377. The first-order chi connectivity index (χ1) is 14.3. The molecule has 0 saturated heterocycles. The summed E-state index contributed by atoms with van der Waals surface area (Å²) < 4.78 is 11.7. The summed E-state index contributed by atoms with van der Waals surface area (Å²) in [7, 11) is 4.78. The number of hydrogen-bond donors (Lipinski definition) is 1. The van der Waals surface area contributed by atoms with E-state index in [1.54, 1.807) is 14.2 Å². The van der Waals surface area contributed by atoms with Crippen molar-refractivity contribution in [3.8, 4) is 5.75 Å². The molecule has 0 aliphatic carbocycles. The van der Waals surface area contributed by atoms with Crippen molar-refractivity contribution in [2.75, 3.05) is 19.0 Å². The van der Waals surface area contributed by atoms with E-state index in [0.717, 1.165) is 46.9 Å². The van der Waals surface area contributed by atoms with Gasteiger partial charge in [0.2, 0.25) is 5.78 Å². The van der Waals surface area contributed by atoms with Crippen molar-refractivity contribution in [1.29, 1.82) is 0 Å². The number of fused-ring (bicyclic) bond motifs is 3. The van der Waals surface area contributed by atoms with Gasteiger partial charge in [-0.25, -0.2) is 4.79 Å². The molecule has 3 aromatic heterocycles. The molecule has 158 valence electrons. The Morgan fingerprint density at radius 3 is 2.40 bits per heavy atom. The molecule has 0 radical (unpaired) electrons. The van der Waals surface area contributed by atoms with E-state index in [2.05, 4.69) is 14.9 Å². The lowest BCUT2D eigenvalue weighted by Crippen LogP contribution is -2.37. The van der Waals surface area contributed by atoms with Gasteiger partial charge in [-0.05, 0) is 44.5 Å². The van der Waals surface area contributed by atoms with Gasteiger partial charge in [-0.1, -0.05) is 0 Å². The van der Waals surface area contributed by atoms with Gasteiger partial charge >= 0.3 is 5.69 Å². The topological polar surface area (TPSA) is 87.5 Å². The zero-order valence-corrected chi connectivity index (χ0v) is 17.9. The predicted molar refractivity (Wildman–Crippen MR) is 117 cm³/mol. The van der Waals surface area contributed by atoms with Crippen LogP contribution >= 0.6 is 0 Å². The summed E-state index contributed by atoms with van der Waals surface area (Å²) >= 11 is 0. The smallest absolute Gasteiger partial charge is 0.332 e. The lowest BCUT2D eigenvalue weighted by molar-refractivity contribution is 0.415. The first-order valence-electron chi connectivity index (χ1n) is 9.87. The van der Waals surface area contributed by atoms with Gasteiger partial charge < -0.3 is 14.6 Å². The summed E-state index contributed by atoms with van der Waals surface area (Å²) in [4.78, 5) is 29.7. The minimum absolute atomic E-state index is 0.331. The van der Waals surface area contributed by atoms with Gasteiger partial charge in [0.25, 0.3) is 5.56 Å². The van der Waals surface area contributed by atoms with Crippen LogP contribution in [0.4, 0.5) is 5.69 Å². The second kappa shape index (κ2) is 7.40. The molecule has 0 amide bonds. The van der Waals surface area contributed by atoms with Crippen LogP contribution in [0, 0.1) is 13.8 Å². The molecule has 0 aliphatic heterocycles. The maximum absolute atomic E-state index is 12.8. The molecule has 0 aliphatic rings. The average Bonchev–Trinajstić information content (AvgIpc) is 3.25. The van der Waals surface area contributed by atoms with Crippen LogP contribution in [0.1, 0.15) is 17.8 Å². The number of nitrogens with one attached hydrogen (secondary N) is 1. The van der Waals surface area contributed by atoms with E-state index in [0.29, 0.717) is 16.9 Å². The fraction of sp³-hybridized carbons (Fsp3) is 0.381. The zero-order chi connectivity index (χ0) is 21.6. The third kappa shape index (κ3) is 2.97. The van der Waals surface area contributed by atoms with Gasteiger partial charge in [-0.2, -0.15) is 4.98 Å². The average molecular weight is 410 g/mol. The number of anilines is 1. The Morgan fingerprint density at radius 1 is 1.03 bits per heavy atom. The number of hydrogen-bond acceptors (Lipinski definition) is 5. The molecule has 0 saturated carbocycles. The van der Waals surface area contributed by atoms with Gasteiger partial charge in [0, 0.05) is 44.3 Å². The Balaban J connectivity index is 1.63. The summed E-state index contributed by atoms with van der Waals surface area (Å²) in [5, 5.41) is 3.41. The highest BCUT2D eigenvalue weighted by Gasteiger charge is 2.21. The van der Waals surface area contributed by atoms with Crippen molar-refractivity contribution in [2.24, 2.45) is 14.1 Å². The van der Waals surface area contributed by atoms with Gasteiger partial charge in [-0.3, -0.25) is 18.3 Å². The van der Waals surface area contributed by atoms with E-state index in [1.807, 2.05) is 42.5 Å². The maximum Gasteiger partial charge on any atom is 0.332 e. The minimum Gasteiger partial charge on any atom is -0.497 e. The van der Waals surface area contributed by atoms with Crippen LogP contribution in [-0.4, -0.2) is 36.7 Å². The molecule has 0 unspecified atom stereocenters. The number of nitrogens with zero attached hydrogens (tertiary/aromatic N) is 5. The second-order valence-corrected chi connectivity index (χ2v) is 7.46. The van der Waals surface area contributed by atoms with Crippen LogP contribution in [0.5, 0.6) is 5.75 Å². The summed E-state index contributed by atoms with van der Waals surface area (Å²) in [6.07, 6.45) is 0.872. The molecule has 4 rings (SSSR count). The van der Waals surface area contributed by atoms with Crippen LogP contribution in [0.15, 0.2) is 33.9 Å². The summed E-state index contributed by atoms with van der Waals surface area (Å²) in [6.45, 7) is 5.53. The molecule has 4 aromatic rings. The van der Waals surface area contributed by atoms with Crippen LogP contribution in [0.3, 0.4) is 0 Å². The van der Waals surface area contributed by atoms with Crippen molar-refractivity contribution < 1.29 is 4.74 Å². The Labute approximate surface area is 173 Å². The van der Waals surface area contributed by atoms with Crippen LogP contribution in [0.25, 0.3) is 16.9 Å². The van der Waals surface area contributed by atoms with Crippen LogP contribution in [-0.2, 0) is 20.6 Å². The fourth-order valence-electron chi connectivity index (χ4n) is 3.84. The van der Waals surface area contributed by atoms with E-state index < -0.39 is 0 Å². The summed E-state index contributed by atoms with van der Waals surface area (Å²) in [5.41, 5.74) is 3.18. The highest BCUT2D eigenvalue weighted by molar-refractivity contribution is 5.76. The molecule has 0 fully saturated rings. The normalized spacial score (nSPS) is 11.5. The zero-order valence-electron chi connectivity index (χ0n) is 17.9. The molecule has 1 aromatic carbocycles. The molecule has 9 nitrogen and oxygen atoms in total. The number of aromatic nitrogens is 5. The molecule has 30 heavy (non-hydrogen) atoms. The standard InChI is InChI=1S/C21H26N6O3/c1-13-14(2)27-17-18(24(3)21(29)25(4)19(17)28)23-20(27)26(13)12-6-11-22-15-7-9-16(30-5)10-8-15/h7-10,22H,6,11-12H2,1-5H3. The van der Waals surface area contributed by atoms with Crippen molar-refractivity contribution in [1.82, 2.24) is 23.1 Å². The Bertz CT molecular complexity index is 1350. The Morgan fingerprint density at radius 2 is 1.73 bits per heavy atom. The second-order valence-electron chi connectivity index (χ2n) is 7.46. The lowest BCUT2D eigenvalue weighted by atomic mass is 10.3. The molecular formula is C21H26N6O3. The van der Waals surface area contributed by atoms with E-state index >= 15 is 0 Å². The fourth-order valence-corrected chi connectivity index (χ4v) is 3.84. The van der Waals surface area contributed by atoms with Crippen molar-refractivity contribution in [3.05, 3.63) is 56.5 Å². The first kappa shape index (κ1) is 19.8. The summed E-state index contributed by atoms with van der Waals surface area (Å²) in [5.74, 6) is 1.51. The summed E-state index contributed by atoms with van der Waals surface area (Å²) in [6, 6.07) is 7.82. The number of aryl methyl sites for hydroxylation is 3. The van der Waals surface area contributed by atoms with Gasteiger partial charge in [0.15, 0.2) is 11.2 Å². The third-order valence-electron chi connectivity index (χ3n) is 5.72. The van der Waals surface area contributed by atoms with E-state index in [9.17, 15) is 9.59 Å². The molecule has 0 bridgehead atoms. The number of methoxy groups -OCH3 is 1. The van der Waals surface area contributed by atoms with Crippen LogP contribution in [0.2, 0.25) is 0 Å². The number of ether oxygens (including phenoxy) is 1. The quantitative estimate of drug-likeness (QED) is 0.490. The highest BCUT2D eigenvalue weighted by Crippen LogP contribution is 2.21. The highest BCUT2D eigenvalue weighted by atomic mass is 16.5. The number of imidazole rings is 2. The van der Waals surface area contributed by atoms with Crippen molar-refractivity contribution in [2.45, 2.75) is 26.8 Å². The van der Waals surface area contributed by atoms with E-state index in [1.165, 1.54) is 11.6 Å². The van der Waals surface area contributed by atoms with Gasteiger partial charge in [-0.15, -0.1) is 0 Å². The number of benzene rings is 1. The molecule has 9 heteroatoms. The SMILES string of the molecule is COc1ccc(NCCCn2c(C)c(C)n3c4c(=O)n(C)c(=O)n(C)c4nc23)cc1. The third-order valence-corrected chi connectivity index (χ3v) is 5.72. The van der Waals surface area contributed by atoms with Crippen molar-refractivity contribution in [3.63, 3.8) is 0 Å². The van der Waals surface area contributed by atoms with E-state index in [4.69, 9.17) is 4.74 Å².